The number of hydrogen-bond acceptors (Lipinski definition) is 3. The Hall–Kier alpha value is -1.09. The molecule has 0 aliphatic carbocycles. The summed E-state index contributed by atoms with van der Waals surface area (Å²) >= 11 is 0. The van der Waals surface area contributed by atoms with Gasteiger partial charge in [-0.15, -0.1) is 0 Å². The van der Waals surface area contributed by atoms with Gasteiger partial charge in [0.05, 0.1) is 6.10 Å². The molecule has 1 aromatic rings. The smallest absolute Gasteiger partial charge is 0.129 e. The maximum absolute atomic E-state index is 9.55. The molecule has 0 aliphatic heterocycles. The third-order valence-electron chi connectivity index (χ3n) is 2.63. The van der Waals surface area contributed by atoms with Crippen molar-refractivity contribution in [3.63, 3.8) is 0 Å². The van der Waals surface area contributed by atoms with Crippen LogP contribution in [0.25, 0.3) is 0 Å². The van der Waals surface area contributed by atoms with Crippen molar-refractivity contribution >= 4 is 5.82 Å². The molecule has 1 heterocycles. The van der Waals surface area contributed by atoms with Gasteiger partial charge in [0.25, 0.3) is 0 Å². The number of aromatic nitrogens is 1. The first-order valence-electron chi connectivity index (χ1n) is 5.97. The highest BCUT2D eigenvalue weighted by Gasteiger charge is 2.12. The Morgan fingerprint density at radius 2 is 2.06 bits per heavy atom. The van der Waals surface area contributed by atoms with E-state index < -0.39 is 6.10 Å². The van der Waals surface area contributed by atoms with Crippen LogP contribution in [0.15, 0.2) is 18.3 Å². The second-order valence-electron chi connectivity index (χ2n) is 4.41. The number of anilines is 1. The molecule has 0 spiro atoms. The fourth-order valence-corrected chi connectivity index (χ4v) is 1.73. The van der Waals surface area contributed by atoms with Crippen LogP contribution in [-0.4, -0.2) is 22.7 Å². The van der Waals surface area contributed by atoms with Gasteiger partial charge in [0, 0.05) is 18.8 Å². The Balaban J connectivity index is 2.95. The average Bonchev–Trinajstić information content (AvgIpc) is 2.25. The molecule has 3 heteroatoms. The predicted octanol–water partition coefficient (Wildman–Crippen LogP) is 2.76. The van der Waals surface area contributed by atoms with E-state index in [0.29, 0.717) is 6.04 Å². The maximum Gasteiger partial charge on any atom is 0.129 e. The molecule has 3 nitrogen and oxygen atoms in total. The van der Waals surface area contributed by atoms with Crippen LogP contribution < -0.4 is 4.90 Å². The third kappa shape index (κ3) is 3.20. The zero-order chi connectivity index (χ0) is 12.1. The molecule has 0 radical (unpaired) electrons. The lowest BCUT2D eigenvalue weighted by Crippen LogP contribution is -2.32. The summed E-state index contributed by atoms with van der Waals surface area (Å²) in [7, 11) is 0. The van der Waals surface area contributed by atoms with Gasteiger partial charge < -0.3 is 10.0 Å². The highest BCUT2D eigenvalue weighted by molar-refractivity contribution is 5.42. The Morgan fingerprint density at radius 1 is 1.38 bits per heavy atom. The number of rotatable bonds is 5. The monoisotopic (exact) mass is 222 g/mol. The van der Waals surface area contributed by atoms with Gasteiger partial charge in [0.1, 0.15) is 5.82 Å². The van der Waals surface area contributed by atoms with E-state index in [4.69, 9.17) is 0 Å². The second kappa shape index (κ2) is 5.85. The van der Waals surface area contributed by atoms with E-state index in [1.807, 2.05) is 12.1 Å². The Morgan fingerprint density at radius 3 is 2.56 bits per heavy atom. The number of aliphatic hydroxyl groups excluding tert-OH is 1. The lowest BCUT2D eigenvalue weighted by atomic mass is 10.1. The fourth-order valence-electron chi connectivity index (χ4n) is 1.73. The van der Waals surface area contributed by atoms with Gasteiger partial charge in [-0.2, -0.15) is 0 Å². The van der Waals surface area contributed by atoms with Crippen molar-refractivity contribution in [2.75, 3.05) is 11.4 Å². The lowest BCUT2D eigenvalue weighted by Gasteiger charge is -2.27. The summed E-state index contributed by atoms with van der Waals surface area (Å²) in [5.41, 5.74) is 0.923. The average molecular weight is 222 g/mol. The summed E-state index contributed by atoms with van der Waals surface area (Å²) in [6, 6.07) is 4.26. The topological polar surface area (TPSA) is 36.4 Å². The van der Waals surface area contributed by atoms with E-state index in [1.165, 1.54) is 0 Å². The molecule has 0 aromatic carbocycles. The highest BCUT2D eigenvalue weighted by Crippen LogP contribution is 2.19. The molecule has 0 bridgehead atoms. The van der Waals surface area contributed by atoms with Gasteiger partial charge >= 0.3 is 0 Å². The molecule has 0 fully saturated rings. The fraction of sp³-hybridized carbons (Fsp3) is 0.615. The molecular weight excluding hydrogens is 200 g/mol. The Kier molecular flexibility index (Phi) is 4.74. The van der Waals surface area contributed by atoms with E-state index in [1.54, 1.807) is 13.1 Å². The first-order valence-corrected chi connectivity index (χ1v) is 5.97. The molecule has 90 valence electrons. The van der Waals surface area contributed by atoms with Crippen molar-refractivity contribution < 1.29 is 5.11 Å². The molecular formula is C13H22N2O. The van der Waals surface area contributed by atoms with Crippen LogP contribution in [0, 0.1) is 0 Å². The van der Waals surface area contributed by atoms with Crippen molar-refractivity contribution in [3.8, 4) is 0 Å². The van der Waals surface area contributed by atoms with Gasteiger partial charge in [-0.1, -0.05) is 6.92 Å². The summed E-state index contributed by atoms with van der Waals surface area (Å²) in [6.07, 6.45) is 2.43. The molecule has 0 aliphatic rings. The van der Waals surface area contributed by atoms with Gasteiger partial charge in [-0.05, 0) is 44.9 Å². The van der Waals surface area contributed by atoms with Crippen LogP contribution in [0.4, 0.5) is 5.82 Å². The van der Waals surface area contributed by atoms with Crippen LogP contribution in [-0.2, 0) is 0 Å². The molecule has 0 saturated heterocycles. The minimum absolute atomic E-state index is 0.427. The number of aliphatic hydroxyl groups is 1. The minimum atomic E-state index is -0.433. The van der Waals surface area contributed by atoms with Crippen molar-refractivity contribution in [2.24, 2.45) is 0 Å². The van der Waals surface area contributed by atoms with Gasteiger partial charge in [0.15, 0.2) is 0 Å². The minimum Gasteiger partial charge on any atom is -0.389 e. The zero-order valence-corrected chi connectivity index (χ0v) is 10.6. The highest BCUT2D eigenvalue weighted by atomic mass is 16.3. The van der Waals surface area contributed by atoms with Crippen LogP contribution in [0.2, 0.25) is 0 Å². The van der Waals surface area contributed by atoms with Crippen LogP contribution in [0.1, 0.15) is 45.8 Å². The first-order chi connectivity index (χ1) is 7.56. The predicted molar refractivity (Wildman–Crippen MR) is 67.6 cm³/mol. The van der Waals surface area contributed by atoms with Crippen molar-refractivity contribution in [2.45, 2.75) is 46.3 Å². The molecule has 0 saturated carbocycles. The molecule has 1 N–H and O–H groups in total. The molecule has 1 atom stereocenters. The standard InChI is InChI=1S/C13H22N2O/c1-5-8-15(10(2)3)13-9-12(11(4)16)6-7-14-13/h6-7,9-11,16H,5,8H2,1-4H3/t11-/m1/s1. The van der Waals surface area contributed by atoms with Crippen molar-refractivity contribution in [3.05, 3.63) is 23.9 Å². The number of pyridine rings is 1. The van der Waals surface area contributed by atoms with Gasteiger partial charge in [0.2, 0.25) is 0 Å². The van der Waals surface area contributed by atoms with Crippen molar-refractivity contribution in [1.29, 1.82) is 0 Å². The van der Waals surface area contributed by atoms with E-state index >= 15 is 0 Å². The summed E-state index contributed by atoms with van der Waals surface area (Å²) < 4.78 is 0. The van der Waals surface area contributed by atoms with Gasteiger partial charge in [-0.3, -0.25) is 0 Å². The quantitative estimate of drug-likeness (QED) is 0.832. The number of nitrogens with zero attached hydrogens (tertiary/aromatic N) is 2. The van der Waals surface area contributed by atoms with E-state index in [9.17, 15) is 5.11 Å². The summed E-state index contributed by atoms with van der Waals surface area (Å²) in [4.78, 5) is 6.63. The van der Waals surface area contributed by atoms with E-state index in [2.05, 4.69) is 30.7 Å². The van der Waals surface area contributed by atoms with Crippen LogP contribution in [0.3, 0.4) is 0 Å². The van der Waals surface area contributed by atoms with Crippen LogP contribution >= 0.6 is 0 Å². The second-order valence-corrected chi connectivity index (χ2v) is 4.41. The molecule has 0 unspecified atom stereocenters. The molecule has 1 rings (SSSR count). The normalized spacial score (nSPS) is 12.9. The Bertz CT molecular complexity index is 323. The maximum atomic E-state index is 9.55. The molecule has 0 amide bonds. The SMILES string of the molecule is CCCN(c1cc([C@@H](C)O)ccn1)C(C)C. The van der Waals surface area contributed by atoms with Crippen molar-refractivity contribution in [1.82, 2.24) is 4.98 Å². The number of hydrogen-bond donors (Lipinski definition) is 1. The first kappa shape index (κ1) is 13.0. The summed E-state index contributed by atoms with van der Waals surface area (Å²) in [5.74, 6) is 0.954. The lowest BCUT2D eigenvalue weighted by molar-refractivity contribution is 0.199. The largest absolute Gasteiger partial charge is 0.389 e. The molecule has 1 aromatic heterocycles. The van der Waals surface area contributed by atoms with E-state index in [-0.39, 0.29) is 0 Å². The zero-order valence-electron chi connectivity index (χ0n) is 10.6. The van der Waals surface area contributed by atoms with Crippen LogP contribution in [0.5, 0.6) is 0 Å². The van der Waals surface area contributed by atoms with Gasteiger partial charge in [-0.25, -0.2) is 4.98 Å². The molecule has 16 heavy (non-hydrogen) atoms. The summed E-state index contributed by atoms with van der Waals surface area (Å²) in [6.45, 7) is 9.25. The Labute approximate surface area is 98.1 Å². The third-order valence-corrected chi connectivity index (χ3v) is 2.63. The summed E-state index contributed by atoms with van der Waals surface area (Å²) in [5, 5.41) is 9.55. The van der Waals surface area contributed by atoms with E-state index in [0.717, 1.165) is 24.3 Å².